The zero-order valence-corrected chi connectivity index (χ0v) is 16.8. The summed E-state index contributed by atoms with van der Waals surface area (Å²) in [4.78, 5) is 23.0. The van der Waals surface area contributed by atoms with Crippen molar-refractivity contribution in [1.29, 1.82) is 0 Å². The molecule has 2 atom stereocenters. The Hall–Kier alpha value is -3.10. The fourth-order valence-corrected chi connectivity index (χ4v) is 3.77. The van der Waals surface area contributed by atoms with E-state index in [1.165, 1.54) is 12.4 Å². The van der Waals surface area contributed by atoms with Gasteiger partial charge in [-0.15, -0.1) is 0 Å². The molecule has 3 heterocycles. The van der Waals surface area contributed by atoms with E-state index in [1.54, 1.807) is 11.8 Å². The molecule has 3 aromatic rings. The van der Waals surface area contributed by atoms with E-state index in [9.17, 15) is 13.6 Å². The van der Waals surface area contributed by atoms with Crippen LogP contribution in [-0.4, -0.2) is 49.6 Å². The minimum absolute atomic E-state index is 0.127. The van der Waals surface area contributed by atoms with Crippen molar-refractivity contribution in [3.8, 4) is 5.75 Å². The number of piperidine rings is 1. The molecule has 0 N–H and O–H groups in total. The second kappa shape index (κ2) is 8.33. The maximum Gasteiger partial charge on any atom is 0.280 e. The van der Waals surface area contributed by atoms with E-state index in [0.29, 0.717) is 24.5 Å². The Morgan fingerprint density at radius 2 is 2.03 bits per heavy atom. The van der Waals surface area contributed by atoms with Crippen molar-refractivity contribution in [1.82, 2.24) is 24.5 Å². The van der Waals surface area contributed by atoms with Crippen molar-refractivity contribution in [3.63, 3.8) is 0 Å². The molecule has 0 saturated carbocycles. The molecule has 0 radical (unpaired) electrons. The first-order chi connectivity index (χ1) is 14.4. The Kier molecular flexibility index (Phi) is 5.61. The fourth-order valence-electron chi connectivity index (χ4n) is 3.77. The monoisotopic (exact) mass is 415 g/mol. The maximum atomic E-state index is 13.5. The summed E-state index contributed by atoms with van der Waals surface area (Å²) >= 11 is 0. The number of amides is 1. The Balaban J connectivity index is 1.49. The lowest BCUT2D eigenvalue weighted by atomic mass is 9.93. The van der Waals surface area contributed by atoms with Gasteiger partial charge in [0.2, 0.25) is 0 Å². The molecule has 1 aliphatic heterocycles. The van der Waals surface area contributed by atoms with Gasteiger partial charge in [0.05, 0.1) is 5.69 Å². The van der Waals surface area contributed by atoms with E-state index in [0.717, 1.165) is 22.9 Å². The number of carbonyl (C=O) groups excluding carboxylic acids is 1. The molecule has 1 fully saturated rings. The zero-order chi connectivity index (χ0) is 21.3. The van der Waals surface area contributed by atoms with Crippen LogP contribution < -0.4 is 4.74 Å². The van der Waals surface area contributed by atoms with Gasteiger partial charge in [-0.3, -0.25) is 4.79 Å². The summed E-state index contributed by atoms with van der Waals surface area (Å²) in [5, 5.41) is 3.82. The van der Waals surface area contributed by atoms with Crippen molar-refractivity contribution < 1.29 is 18.3 Å². The lowest BCUT2D eigenvalue weighted by Gasteiger charge is -2.34. The Bertz CT molecular complexity index is 1040. The number of hydrogen-bond acceptors (Lipinski definition) is 5. The molecule has 0 unspecified atom stereocenters. The number of likely N-dealkylation sites (tertiary alicyclic amines) is 1. The molecule has 158 valence electrons. The van der Waals surface area contributed by atoms with Gasteiger partial charge in [0.1, 0.15) is 17.8 Å². The lowest BCUT2D eigenvalue weighted by Crippen LogP contribution is -2.45. The zero-order valence-electron chi connectivity index (χ0n) is 16.8. The van der Waals surface area contributed by atoms with E-state index < -0.39 is 12.5 Å². The fraction of sp³-hybridized carbons (Fsp3) is 0.429. The molecule has 4 rings (SSSR count). The largest absolute Gasteiger partial charge is 0.481 e. The number of alkyl halides is 2. The summed E-state index contributed by atoms with van der Waals surface area (Å²) in [5.41, 5.74) is 1.38. The van der Waals surface area contributed by atoms with Crippen molar-refractivity contribution in [2.24, 2.45) is 0 Å². The molecular formula is C21H23F2N5O2. The number of aromatic nitrogens is 4. The van der Waals surface area contributed by atoms with Crippen LogP contribution in [0.1, 0.15) is 49.1 Å². The van der Waals surface area contributed by atoms with Crippen LogP contribution in [0.2, 0.25) is 0 Å². The first-order valence-corrected chi connectivity index (χ1v) is 9.93. The van der Waals surface area contributed by atoms with Crippen LogP contribution >= 0.6 is 0 Å². The second-order valence-corrected chi connectivity index (χ2v) is 7.57. The van der Waals surface area contributed by atoms with E-state index in [-0.39, 0.29) is 23.3 Å². The number of halogens is 2. The number of benzene rings is 1. The number of fused-ring (bicyclic) bond motifs is 1. The number of rotatable bonds is 5. The average Bonchev–Trinajstić information content (AvgIpc) is 3.22. The van der Waals surface area contributed by atoms with E-state index in [2.05, 4.69) is 15.1 Å². The number of aryl methyl sites for hydroxylation is 1. The quantitative estimate of drug-likeness (QED) is 0.637. The Labute approximate surface area is 172 Å². The van der Waals surface area contributed by atoms with Gasteiger partial charge in [0.25, 0.3) is 18.1 Å². The topological polar surface area (TPSA) is 72.6 Å². The molecule has 0 aliphatic carbocycles. The molecule has 1 aromatic carbocycles. The number of nitrogens with zero attached hydrogens (tertiary/aromatic N) is 5. The third kappa shape index (κ3) is 4.10. The lowest BCUT2D eigenvalue weighted by molar-refractivity contribution is -0.139. The van der Waals surface area contributed by atoms with Crippen LogP contribution in [0.4, 0.5) is 8.78 Å². The van der Waals surface area contributed by atoms with Crippen molar-refractivity contribution >= 4 is 11.7 Å². The third-order valence-corrected chi connectivity index (χ3v) is 5.36. The van der Waals surface area contributed by atoms with Gasteiger partial charge < -0.3 is 9.64 Å². The van der Waals surface area contributed by atoms with E-state index >= 15 is 0 Å². The minimum atomic E-state index is -2.69. The predicted octanol–water partition coefficient (Wildman–Crippen LogP) is 3.54. The van der Waals surface area contributed by atoms with Gasteiger partial charge in [-0.25, -0.2) is 13.8 Å². The molecular weight excluding hydrogens is 392 g/mol. The predicted molar refractivity (Wildman–Crippen MR) is 106 cm³/mol. The summed E-state index contributed by atoms with van der Waals surface area (Å²) in [7, 11) is 0. The molecule has 1 amide bonds. The summed E-state index contributed by atoms with van der Waals surface area (Å²) in [5.74, 6) is 0.504. The smallest absolute Gasteiger partial charge is 0.280 e. The van der Waals surface area contributed by atoms with Gasteiger partial charge >= 0.3 is 0 Å². The maximum absolute atomic E-state index is 13.5. The van der Waals surface area contributed by atoms with E-state index in [4.69, 9.17) is 4.74 Å². The highest BCUT2D eigenvalue weighted by atomic mass is 19.3. The normalized spacial score (nSPS) is 18.0. The highest BCUT2D eigenvalue weighted by Crippen LogP contribution is 2.29. The highest BCUT2D eigenvalue weighted by molar-refractivity contribution is 5.81. The molecule has 0 spiro atoms. The summed E-state index contributed by atoms with van der Waals surface area (Å²) in [6.45, 7) is 4.71. The van der Waals surface area contributed by atoms with Gasteiger partial charge in [0.15, 0.2) is 6.10 Å². The van der Waals surface area contributed by atoms with Gasteiger partial charge in [-0.1, -0.05) is 17.7 Å². The minimum Gasteiger partial charge on any atom is -0.481 e. The van der Waals surface area contributed by atoms with Crippen LogP contribution in [-0.2, 0) is 4.79 Å². The number of carbonyl (C=O) groups is 1. The van der Waals surface area contributed by atoms with E-state index in [1.807, 2.05) is 31.2 Å². The second-order valence-electron chi connectivity index (χ2n) is 7.57. The standard InChI is InChI=1S/C21H23F2N5O2/c1-13-5-7-16(8-6-13)30-14(2)20(29)27-9-3-4-15(11-27)17-10-18(19(22)23)28-21(26-17)24-12-25-28/h5-8,10,12,14-15,19H,3-4,9,11H2,1-2H3/t14-,15+/m1/s1. The molecule has 7 nitrogen and oxygen atoms in total. The molecule has 0 bridgehead atoms. The van der Waals surface area contributed by atoms with Crippen LogP contribution in [0.5, 0.6) is 5.75 Å². The molecule has 9 heteroatoms. The first kappa shape index (κ1) is 20.2. The van der Waals surface area contributed by atoms with Gasteiger partial charge in [-0.05, 0) is 44.9 Å². The van der Waals surface area contributed by atoms with Crippen LogP contribution in [0.25, 0.3) is 5.78 Å². The van der Waals surface area contributed by atoms with Gasteiger partial charge in [0, 0.05) is 19.0 Å². The molecule has 2 aromatic heterocycles. The summed E-state index contributed by atoms with van der Waals surface area (Å²) in [6.07, 6.45) is -0.609. The van der Waals surface area contributed by atoms with Crippen LogP contribution in [0.15, 0.2) is 36.7 Å². The number of ether oxygens (including phenoxy) is 1. The molecule has 30 heavy (non-hydrogen) atoms. The van der Waals surface area contributed by atoms with Crippen molar-refractivity contribution in [2.45, 2.75) is 45.1 Å². The summed E-state index contributed by atoms with van der Waals surface area (Å²) < 4.78 is 33.8. The van der Waals surface area contributed by atoms with Crippen LogP contribution in [0, 0.1) is 6.92 Å². The van der Waals surface area contributed by atoms with Crippen molar-refractivity contribution in [3.05, 3.63) is 53.6 Å². The van der Waals surface area contributed by atoms with Crippen LogP contribution in [0.3, 0.4) is 0 Å². The average molecular weight is 415 g/mol. The highest BCUT2D eigenvalue weighted by Gasteiger charge is 2.30. The number of hydrogen-bond donors (Lipinski definition) is 0. The van der Waals surface area contributed by atoms with Crippen molar-refractivity contribution in [2.75, 3.05) is 13.1 Å². The third-order valence-electron chi connectivity index (χ3n) is 5.36. The Morgan fingerprint density at radius 1 is 1.27 bits per heavy atom. The first-order valence-electron chi connectivity index (χ1n) is 9.93. The molecule has 1 aliphatic rings. The Morgan fingerprint density at radius 3 is 2.77 bits per heavy atom. The molecule has 1 saturated heterocycles. The SMILES string of the molecule is Cc1ccc(O[C@H](C)C(=O)N2CCC[C@H](c3cc(C(F)F)n4ncnc4n3)C2)cc1. The summed E-state index contributed by atoms with van der Waals surface area (Å²) in [6, 6.07) is 8.90. The van der Waals surface area contributed by atoms with Gasteiger partial charge in [-0.2, -0.15) is 14.6 Å².